The maximum atomic E-state index is 12.1. The number of aromatic nitrogens is 2. The zero-order valence-corrected chi connectivity index (χ0v) is 12.3. The smallest absolute Gasteiger partial charge is 0.324 e. The lowest BCUT2D eigenvalue weighted by Gasteiger charge is -2.16. The molecule has 9 heteroatoms. The number of nitrogens with one attached hydrogen (secondary N) is 2. The highest BCUT2D eigenvalue weighted by molar-refractivity contribution is 8.02. The third-order valence-corrected chi connectivity index (χ3v) is 4.54. The minimum atomic E-state index is -0.355. The van der Waals surface area contributed by atoms with Crippen molar-refractivity contribution in [2.24, 2.45) is 0 Å². The van der Waals surface area contributed by atoms with Crippen LogP contribution in [0, 0.1) is 0 Å². The van der Waals surface area contributed by atoms with E-state index in [1.165, 1.54) is 28.0 Å². The number of imide groups is 1. The van der Waals surface area contributed by atoms with Crippen LogP contribution in [-0.2, 0) is 4.79 Å². The molecule has 1 aromatic heterocycles. The van der Waals surface area contributed by atoms with Gasteiger partial charge in [-0.2, -0.15) is 0 Å². The van der Waals surface area contributed by atoms with Crippen molar-refractivity contribution in [2.45, 2.75) is 23.4 Å². The standard InChI is InChI=1S/C10H15N5O2S2/c1-3-11-8-13-14-10(19-8)18-6(2)7(16)15-5-4-12-9(15)17/h6H,3-5H2,1-2H3,(H,11,13)(H,12,17). The average molecular weight is 301 g/mol. The summed E-state index contributed by atoms with van der Waals surface area (Å²) in [6.45, 7) is 5.48. The highest BCUT2D eigenvalue weighted by atomic mass is 32.2. The molecule has 19 heavy (non-hydrogen) atoms. The Balaban J connectivity index is 1.94. The fourth-order valence-corrected chi connectivity index (χ4v) is 3.61. The van der Waals surface area contributed by atoms with Crippen LogP contribution in [0.3, 0.4) is 0 Å². The van der Waals surface area contributed by atoms with Gasteiger partial charge in [0.1, 0.15) is 0 Å². The Bertz CT molecular complexity index is 478. The number of thioether (sulfide) groups is 1. The van der Waals surface area contributed by atoms with Gasteiger partial charge < -0.3 is 10.6 Å². The Hall–Kier alpha value is -1.35. The monoisotopic (exact) mass is 301 g/mol. The first kappa shape index (κ1) is 14.1. The SMILES string of the molecule is CCNc1nnc(SC(C)C(=O)N2CCNC2=O)s1. The first-order chi connectivity index (χ1) is 9.11. The zero-order chi connectivity index (χ0) is 13.8. The lowest BCUT2D eigenvalue weighted by Crippen LogP contribution is -2.38. The number of amides is 3. The van der Waals surface area contributed by atoms with Gasteiger partial charge in [0.25, 0.3) is 0 Å². The molecule has 1 aromatic rings. The molecule has 2 N–H and O–H groups in total. The zero-order valence-electron chi connectivity index (χ0n) is 10.7. The van der Waals surface area contributed by atoms with Crippen LogP contribution in [0.1, 0.15) is 13.8 Å². The summed E-state index contributed by atoms with van der Waals surface area (Å²) in [4.78, 5) is 24.7. The van der Waals surface area contributed by atoms with E-state index in [-0.39, 0.29) is 17.2 Å². The molecular weight excluding hydrogens is 286 g/mol. The fourth-order valence-electron chi connectivity index (χ4n) is 1.58. The quantitative estimate of drug-likeness (QED) is 0.789. The highest BCUT2D eigenvalue weighted by Gasteiger charge is 2.30. The molecule has 1 saturated heterocycles. The van der Waals surface area contributed by atoms with Crippen LogP contribution in [-0.4, -0.2) is 51.9 Å². The number of carbonyl (C=O) groups excluding carboxylic acids is 2. The minimum Gasteiger partial charge on any atom is -0.360 e. The molecule has 1 fully saturated rings. The first-order valence-corrected chi connectivity index (χ1v) is 7.64. The summed E-state index contributed by atoms with van der Waals surface area (Å²) in [6, 6.07) is -0.317. The number of hydrogen-bond acceptors (Lipinski definition) is 7. The van der Waals surface area contributed by atoms with Gasteiger partial charge in [-0.3, -0.25) is 9.69 Å². The van der Waals surface area contributed by atoms with Crippen molar-refractivity contribution < 1.29 is 9.59 Å². The summed E-state index contributed by atoms with van der Waals surface area (Å²) in [5.41, 5.74) is 0. The van der Waals surface area contributed by atoms with Crippen LogP contribution in [0.15, 0.2) is 4.34 Å². The van der Waals surface area contributed by atoms with E-state index < -0.39 is 0 Å². The van der Waals surface area contributed by atoms with Gasteiger partial charge in [0.2, 0.25) is 11.0 Å². The van der Waals surface area contributed by atoms with Gasteiger partial charge in [-0.05, 0) is 13.8 Å². The Morgan fingerprint density at radius 3 is 3.05 bits per heavy atom. The maximum Gasteiger partial charge on any atom is 0.324 e. The van der Waals surface area contributed by atoms with Gasteiger partial charge in [0.15, 0.2) is 4.34 Å². The van der Waals surface area contributed by atoms with Crippen LogP contribution in [0.5, 0.6) is 0 Å². The highest BCUT2D eigenvalue weighted by Crippen LogP contribution is 2.29. The summed E-state index contributed by atoms with van der Waals surface area (Å²) in [6.07, 6.45) is 0. The minimum absolute atomic E-state index is 0.194. The average Bonchev–Trinajstić information content (AvgIpc) is 2.98. The predicted octanol–water partition coefficient (Wildman–Crippen LogP) is 1.00. The van der Waals surface area contributed by atoms with E-state index >= 15 is 0 Å². The molecule has 1 unspecified atom stereocenters. The molecule has 1 atom stereocenters. The van der Waals surface area contributed by atoms with E-state index in [1.54, 1.807) is 6.92 Å². The maximum absolute atomic E-state index is 12.1. The largest absolute Gasteiger partial charge is 0.360 e. The molecule has 2 heterocycles. The second-order valence-corrected chi connectivity index (χ2v) is 6.45. The van der Waals surface area contributed by atoms with E-state index in [4.69, 9.17) is 0 Å². The number of urea groups is 1. The van der Waals surface area contributed by atoms with Crippen LogP contribution >= 0.6 is 23.1 Å². The fraction of sp³-hybridized carbons (Fsp3) is 0.600. The lowest BCUT2D eigenvalue weighted by atomic mass is 10.4. The van der Waals surface area contributed by atoms with Crippen molar-refractivity contribution in [2.75, 3.05) is 25.0 Å². The summed E-state index contributed by atoms with van der Waals surface area (Å²) in [5.74, 6) is -0.194. The topological polar surface area (TPSA) is 87.2 Å². The van der Waals surface area contributed by atoms with Crippen LogP contribution in [0.4, 0.5) is 9.93 Å². The normalized spacial score (nSPS) is 16.3. The van der Waals surface area contributed by atoms with Crippen LogP contribution in [0.25, 0.3) is 0 Å². The Morgan fingerprint density at radius 2 is 2.42 bits per heavy atom. The number of nitrogens with zero attached hydrogens (tertiary/aromatic N) is 3. The molecule has 2 rings (SSSR count). The van der Waals surface area contributed by atoms with Gasteiger partial charge in [0, 0.05) is 19.6 Å². The van der Waals surface area contributed by atoms with E-state index in [0.29, 0.717) is 13.1 Å². The predicted molar refractivity (Wildman–Crippen MR) is 74.5 cm³/mol. The molecule has 0 spiro atoms. The number of rotatable bonds is 5. The Labute approximate surface area is 119 Å². The van der Waals surface area contributed by atoms with Crippen molar-refractivity contribution in [3.63, 3.8) is 0 Å². The summed E-state index contributed by atoms with van der Waals surface area (Å²) in [5, 5.41) is 14.0. The van der Waals surface area contributed by atoms with E-state index in [1.807, 2.05) is 6.92 Å². The summed E-state index contributed by atoms with van der Waals surface area (Å²) >= 11 is 2.73. The summed E-state index contributed by atoms with van der Waals surface area (Å²) < 4.78 is 0.719. The number of carbonyl (C=O) groups is 2. The van der Waals surface area contributed by atoms with Crippen molar-refractivity contribution in [1.82, 2.24) is 20.4 Å². The molecule has 1 aliphatic heterocycles. The molecule has 104 valence electrons. The molecule has 3 amide bonds. The van der Waals surface area contributed by atoms with E-state index in [0.717, 1.165) is 16.0 Å². The third kappa shape index (κ3) is 3.35. The second kappa shape index (κ2) is 6.20. The molecule has 7 nitrogen and oxygen atoms in total. The number of anilines is 1. The first-order valence-electron chi connectivity index (χ1n) is 5.95. The Kier molecular flexibility index (Phi) is 4.59. The summed E-state index contributed by atoms with van der Waals surface area (Å²) in [7, 11) is 0. The van der Waals surface area contributed by atoms with E-state index in [9.17, 15) is 9.59 Å². The molecule has 1 aliphatic rings. The van der Waals surface area contributed by atoms with Crippen molar-refractivity contribution in [3.05, 3.63) is 0 Å². The van der Waals surface area contributed by atoms with Gasteiger partial charge >= 0.3 is 6.03 Å². The van der Waals surface area contributed by atoms with Crippen LogP contribution < -0.4 is 10.6 Å². The van der Waals surface area contributed by atoms with Gasteiger partial charge in [-0.15, -0.1) is 10.2 Å². The molecule has 0 radical (unpaired) electrons. The molecule has 0 saturated carbocycles. The third-order valence-electron chi connectivity index (χ3n) is 2.48. The number of hydrogen-bond donors (Lipinski definition) is 2. The van der Waals surface area contributed by atoms with Crippen molar-refractivity contribution >= 4 is 40.2 Å². The van der Waals surface area contributed by atoms with E-state index in [2.05, 4.69) is 20.8 Å². The molecule has 0 aromatic carbocycles. The lowest BCUT2D eigenvalue weighted by molar-refractivity contribution is -0.126. The second-order valence-electron chi connectivity index (χ2n) is 3.89. The Morgan fingerprint density at radius 1 is 1.63 bits per heavy atom. The van der Waals surface area contributed by atoms with Crippen molar-refractivity contribution in [1.29, 1.82) is 0 Å². The van der Waals surface area contributed by atoms with Gasteiger partial charge in [0.05, 0.1) is 5.25 Å². The van der Waals surface area contributed by atoms with Gasteiger partial charge in [-0.1, -0.05) is 23.1 Å². The molecular formula is C10H15N5O2S2. The van der Waals surface area contributed by atoms with Crippen LogP contribution in [0.2, 0.25) is 0 Å². The van der Waals surface area contributed by atoms with Gasteiger partial charge in [-0.25, -0.2) is 4.79 Å². The van der Waals surface area contributed by atoms with Crippen molar-refractivity contribution in [3.8, 4) is 0 Å². The molecule has 0 aliphatic carbocycles. The molecule has 0 bridgehead atoms.